The molecule has 1 aromatic heterocycles. The molecule has 0 radical (unpaired) electrons. The van der Waals surface area contributed by atoms with E-state index in [9.17, 15) is 18.0 Å². The summed E-state index contributed by atoms with van der Waals surface area (Å²) in [7, 11) is -4.19. The number of amides is 1. The van der Waals surface area contributed by atoms with Gasteiger partial charge in [-0.25, -0.2) is 8.42 Å². The van der Waals surface area contributed by atoms with Crippen molar-refractivity contribution in [3.8, 4) is 0 Å². The Kier molecular flexibility index (Phi) is 8.24. The number of pyridine rings is 1. The minimum Gasteiger partial charge on any atom is -0.397 e. The molecule has 1 heterocycles. The van der Waals surface area contributed by atoms with Crippen molar-refractivity contribution in [2.45, 2.75) is 43.0 Å². The van der Waals surface area contributed by atoms with E-state index in [4.69, 9.17) is 22.0 Å². The average molecular weight is 465 g/mol. The Labute approximate surface area is 186 Å². The third-order valence-electron chi connectivity index (χ3n) is 4.43. The van der Waals surface area contributed by atoms with E-state index in [2.05, 4.69) is 10.5 Å². The van der Waals surface area contributed by atoms with Gasteiger partial charge in [-0.05, 0) is 42.3 Å². The van der Waals surface area contributed by atoms with Gasteiger partial charge in [0.2, 0.25) is 21.7 Å². The number of nitrogens with one attached hydrogen (secondary N) is 1. The van der Waals surface area contributed by atoms with Gasteiger partial charge in [0.05, 0.1) is 17.1 Å². The molecular formula is C20H28N6O5S. The van der Waals surface area contributed by atoms with Gasteiger partial charge in [0, 0.05) is 5.69 Å². The van der Waals surface area contributed by atoms with Crippen molar-refractivity contribution in [1.29, 1.82) is 0 Å². The number of carbonyl (C=O) groups is 1. The molecule has 12 heteroatoms. The van der Waals surface area contributed by atoms with Gasteiger partial charge in [-0.2, -0.15) is 0 Å². The van der Waals surface area contributed by atoms with Crippen molar-refractivity contribution in [1.82, 2.24) is 9.88 Å². The SMILES string of the molecule is CCCc1cc(N)c(S(=O)(=O)c2cccc(C)c2)c(=O)n1CC(=O)NCCON=C(N)N. The average Bonchev–Trinajstić information content (AvgIpc) is 2.70. The third-order valence-corrected chi connectivity index (χ3v) is 6.25. The van der Waals surface area contributed by atoms with Crippen molar-refractivity contribution in [3.63, 3.8) is 0 Å². The number of nitrogen functional groups attached to an aromatic ring is 1. The molecular weight excluding hydrogens is 436 g/mol. The molecule has 7 N–H and O–H groups in total. The first-order valence-corrected chi connectivity index (χ1v) is 11.4. The molecule has 0 unspecified atom stereocenters. The molecule has 0 fully saturated rings. The van der Waals surface area contributed by atoms with Crippen LogP contribution in [0.3, 0.4) is 0 Å². The number of carbonyl (C=O) groups excluding carboxylic acids is 1. The van der Waals surface area contributed by atoms with E-state index in [0.717, 1.165) is 10.1 Å². The van der Waals surface area contributed by atoms with Gasteiger partial charge in [0.1, 0.15) is 13.2 Å². The zero-order valence-corrected chi connectivity index (χ0v) is 18.8. The van der Waals surface area contributed by atoms with Crippen LogP contribution in [0.25, 0.3) is 0 Å². The molecule has 0 saturated heterocycles. The first-order valence-electron chi connectivity index (χ1n) is 9.89. The van der Waals surface area contributed by atoms with Gasteiger partial charge in [-0.15, -0.1) is 0 Å². The molecule has 0 spiro atoms. The lowest BCUT2D eigenvalue weighted by Gasteiger charge is -2.16. The Morgan fingerprint density at radius 1 is 1.25 bits per heavy atom. The van der Waals surface area contributed by atoms with Crippen LogP contribution in [0, 0.1) is 6.92 Å². The lowest BCUT2D eigenvalue weighted by Crippen LogP contribution is -2.37. The van der Waals surface area contributed by atoms with Crippen LogP contribution in [-0.2, 0) is 32.4 Å². The van der Waals surface area contributed by atoms with Gasteiger partial charge in [0.15, 0.2) is 4.90 Å². The number of aryl methyl sites for hydroxylation is 2. The summed E-state index contributed by atoms with van der Waals surface area (Å²) in [4.78, 5) is 29.8. The van der Waals surface area contributed by atoms with Crippen LogP contribution in [-0.4, -0.2) is 38.0 Å². The highest BCUT2D eigenvalue weighted by Gasteiger charge is 2.27. The molecule has 0 saturated carbocycles. The molecule has 2 rings (SSSR count). The van der Waals surface area contributed by atoms with E-state index in [1.165, 1.54) is 18.2 Å². The standard InChI is InChI=1S/C20H28N6O5S/c1-3-5-14-11-16(21)18(32(29,30)15-7-4-6-13(2)10-15)19(28)26(14)12-17(27)24-8-9-31-25-20(22)23/h4,6-7,10-11H,3,5,8-9,12,21H2,1-2H3,(H,24,27)(H4,22,23,25). The third kappa shape index (κ3) is 6.00. The number of guanidine groups is 1. The van der Waals surface area contributed by atoms with E-state index in [1.807, 2.05) is 6.92 Å². The van der Waals surface area contributed by atoms with Crippen LogP contribution >= 0.6 is 0 Å². The summed E-state index contributed by atoms with van der Waals surface area (Å²) in [6.45, 7) is 3.34. The van der Waals surface area contributed by atoms with Crippen molar-refractivity contribution in [3.05, 3.63) is 51.9 Å². The van der Waals surface area contributed by atoms with Crippen molar-refractivity contribution >= 4 is 27.4 Å². The Hall–Kier alpha value is -3.54. The number of nitrogens with zero attached hydrogens (tertiary/aromatic N) is 2. The monoisotopic (exact) mass is 464 g/mol. The minimum atomic E-state index is -4.19. The Morgan fingerprint density at radius 3 is 2.59 bits per heavy atom. The number of sulfone groups is 1. The van der Waals surface area contributed by atoms with Crippen molar-refractivity contribution in [2.24, 2.45) is 16.6 Å². The molecule has 0 aliphatic rings. The molecule has 2 aromatic rings. The maximum absolute atomic E-state index is 13.2. The zero-order valence-electron chi connectivity index (χ0n) is 18.0. The highest BCUT2D eigenvalue weighted by molar-refractivity contribution is 7.91. The van der Waals surface area contributed by atoms with E-state index < -0.39 is 26.2 Å². The summed E-state index contributed by atoms with van der Waals surface area (Å²) in [5.41, 5.74) is 16.4. The minimum absolute atomic E-state index is 0.00901. The molecule has 0 aliphatic heterocycles. The van der Waals surface area contributed by atoms with Gasteiger partial charge >= 0.3 is 0 Å². The second kappa shape index (κ2) is 10.7. The Balaban J connectivity index is 2.39. The van der Waals surface area contributed by atoms with E-state index in [-0.39, 0.29) is 36.2 Å². The van der Waals surface area contributed by atoms with Crippen LogP contribution in [0.4, 0.5) is 5.69 Å². The first-order chi connectivity index (χ1) is 15.1. The highest BCUT2D eigenvalue weighted by Crippen LogP contribution is 2.24. The predicted octanol–water partition coefficient (Wildman–Crippen LogP) is -0.155. The summed E-state index contributed by atoms with van der Waals surface area (Å²) < 4.78 is 27.5. The van der Waals surface area contributed by atoms with E-state index in [1.54, 1.807) is 19.1 Å². The molecule has 11 nitrogen and oxygen atoms in total. The van der Waals surface area contributed by atoms with Crippen molar-refractivity contribution < 1.29 is 18.0 Å². The Bertz CT molecular complexity index is 1170. The fourth-order valence-corrected chi connectivity index (χ4v) is 4.61. The van der Waals surface area contributed by atoms with Gasteiger partial charge in [-0.3, -0.25) is 9.59 Å². The number of oxime groups is 1. The smallest absolute Gasteiger partial charge is 0.272 e. The second-order valence-corrected chi connectivity index (χ2v) is 8.97. The lowest BCUT2D eigenvalue weighted by molar-refractivity contribution is -0.122. The van der Waals surface area contributed by atoms with Gasteiger partial charge < -0.3 is 31.9 Å². The normalized spacial score (nSPS) is 11.1. The van der Waals surface area contributed by atoms with Crippen LogP contribution in [0.5, 0.6) is 0 Å². The summed E-state index contributed by atoms with van der Waals surface area (Å²) >= 11 is 0. The van der Waals surface area contributed by atoms with Crippen LogP contribution in [0.2, 0.25) is 0 Å². The topological polar surface area (TPSA) is 185 Å². The second-order valence-electron chi connectivity index (χ2n) is 7.08. The number of nitrogens with two attached hydrogens (primary N) is 3. The number of hydrogen-bond acceptors (Lipinski definition) is 7. The summed E-state index contributed by atoms with van der Waals surface area (Å²) in [5.74, 6) is -0.766. The van der Waals surface area contributed by atoms with E-state index >= 15 is 0 Å². The largest absolute Gasteiger partial charge is 0.397 e. The number of hydrogen-bond donors (Lipinski definition) is 4. The molecule has 0 bridgehead atoms. The number of aromatic nitrogens is 1. The Morgan fingerprint density at radius 2 is 1.97 bits per heavy atom. The fraction of sp³-hybridized carbons (Fsp3) is 0.350. The molecule has 0 atom stereocenters. The maximum atomic E-state index is 13.2. The van der Waals surface area contributed by atoms with Crippen molar-refractivity contribution in [2.75, 3.05) is 18.9 Å². The van der Waals surface area contributed by atoms with Crippen LogP contribution in [0.1, 0.15) is 24.6 Å². The maximum Gasteiger partial charge on any atom is 0.272 e. The number of anilines is 1. The summed E-state index contributed by atoms with van der Waals surface area (Å²) in [5, 5.41) is 5.88. The van der Waals surface area contributed by atoms with Gasteiger partial charge in [0.25, 0.3) is 5.56 Å². The zero-order chi connectivity index (χ0) is 23.9. The summed E-state index contributed by atoms with van der Waals surface area (Å²) in [6.07, 6.45) is 1.10. The molecule has 32 heavy (non-hydrogen) atoms. The highest BCUT2D eigenvalue weighted by atomic mass is 32.2. The lowest BCUT2D eigenvalue weighted by atomic mass is 10.2. The quantitative estimate of drug-likeness (QED) is 0.162. The molecule has 174 valence electrons. The number of rotatable bonds is 10. The fourth-order valence-electron chi connectivity index (χ4n) is 3.06. The summed E-state index contributed by atoms with van der Waals surface area (Å²) in [6, 6.07) is 7.62. The molecule has 1 aromatic carbocycles. The van der Waals surface area contributed by atoms with Crippen LogP contribution in [0.15, 0.2) is 50.1 Å². The molecule has 1 amide bonds. The molecule has 0 aliphatic carbocycles. The first kappa shape index (κ1) is 24.7. The predicted molar refractivity (Wildman–Crippen MR) is 121 cm³/mol. The van der Waals surface area contributed by atoms with E-state index in [0.29, 0.717) is 18.5 Å². The number of benzene rings is 1. The van der Waals surface area contributed by atoms with Crippen LogP contribution < -0.4 is 28.1 Å². The van der Waals surface area contributed by atoms with Gasteiger partial charge in [-0.1, -0.05) is 25.5 Å².